The lowest BCUT2D eigenvalue weighted by Crippen LogP contribution is -2.24. The fourth-order valence-electron chi connectivity index (χ4n) is 3.83. The molecule has 3 aliphatic rings. The molecule has 1 saturated carbocycles. The van der Waals surface area contributed by atoms with Crippen LogP contribution >= 0.6 is 0 Å². The molecule has 21 heavy (non-hydrogen) atoms. The van der Waals surface area contributed by atoms with Crippen LogP contribution in [-0.2, 0) is 0 Å². The maximum absolute atomic E-state index is 13.1. The van der Waals surface area contributed by atoms with Gasteiger partial charge in [0, 0.05) is 11.5 Å². The van der Waals surface area contributed by atoms with Crippen molar-refractivity contribution in [3.05, 3.63) is 47.0 Å². The van der Waals surface area contributed by atoms with Gasteiger partial charge in [0.25, 0.3) is 0 Å². The van der Waals surface area contributed by atoms with Gasteiger partial charge in [0.05, 0.1) is 11.4 Å². The maximum Gasteiger partial charge on any atom is 0.356 e. The van der Waals surface area contributed by atoms with Gasteiger partial charge in [0.1, 0.15) is 5.82 Å². The second kappa shape index (κ2) is 4.41. The summed E-state index contributed by atoms with van der Waals surface area (Å²) >= 11 is 0. The van der Waals surface area contributed by atoms with E-state index in [1.54, 1.807) is 16.8 Å². The van der Waals surface area contributed by atoms with Crippen LogP contribution in [0, 0.1) is 5.82 Å². The van der Waals surface area contributed by atoms with Crippen molar-refractivity contribution in [1.82, 2.24) is 9.78 Å². The van der Waals surface area contributed by atoms with Crippen LogP contribution in [0.25, 0.3) is 5.69 Å². The summed E-state index contributed by atoms with van der Waals surface area (Å²) in [5, 5.41) is 13.8. The molecule has 108 valence electrons. The molecule has 2 bridgehead atoms. The predicted molar refractivity (Wildman–Crippen MR) is 74.4 cm³/mol. The highest BCUT2D eigenvalue weighted by molar-refractivity contribution is 5.88. The third-order valence-electron chi connectivity index (χ3n) is 4.76. The van der Waals surface area contributed by atoms with E-state index in [2.05, 4.69) is 5.10 Å². The Kier molecular flexibility index (Phi) is 2.64. The molecule has 2 aromatic rings. The third-order valence-corrected chi connectivity index (χ3v) is 4.76. The largest absolute Gasteiger partial charge is 0.476 e. The van der Waals surface area contributed by atoms with Crippen LogP contribution in [0.4, 0.5) is 4.39 Å². The van der Waals surface area contributed by atoms with Gasteiger partial charge in [-0.15, -0.1) is 0 Å². The molecule has 5 rings (SSSR count). The molecule has 3 aliphatic carbocycles. The summed E-state index contributed by atoms with van der Waals surface area (Å²) in [7, 11) is 0. The van der Waals surface area contributed by atoms with Gasteiger partial charge < -0.3 is 5.11 Å². The molecule has 1 heterocycles. The first-order chi connectivity index (χ1) is 10.1. The first-order valence-corrected chi connectivity index (χ1v) is 7.27. The number of carboxylic acid groups (broad SMARTS) is 1. The van der Waals surface area contributed by atoms with Gasteiger partial charge in [-0.1, -0.05) is 0 Å². The second-order valence-corrected chi connectivity index (χ2v) is 5.89. The fraction of sp³-hybridized carbons (Fsp3) is 0.375. The van der Waals surface area contributed by atoms with E-state index in [1.807, 2.05) is 0 Å². The molecule has 1 fully saturated rings. The first-order valence-electron chi connectivity index (χ1n) is 7.27. The number of benzene rings is 1. The van der Waals surface area contributed by atoms with Gasteiger partial charge in [0.15, 0.2) is 5.69 Å². The lowest BCUT2D eigenvalue weighted by Gasteiger charge is -2.36. The van der Waals surface area contributed by atoms with Crippen LogP contribution < -0.4 is 0 Å². The Hall–Kier alpha value is -2.17. The van der Waals surface area contributed by atoms with Crippen LogP contribution in [0.3, 0.4) is 0 Å². The van der Waals surface area contributed by atoms with E-state index < -0.39 is 5.97 Å². The van der Waals surface area contributed by atoms with E-state index in [4.69, 9.17) is 0 Å². The van der Waals surface area contributed by atoms with E-state index in [0.717, 1.165) is 42.6 Å². The predicted octanol–water partition coefficient (Wildman–Crippen LogP) is 3.46. The van der Waals surface area contributed by atoms with E-state index in [0.29, 0.717) is 11.8 Å². The van der Waals surface area contributed by atoms with Crippen LogP contribution in [0.2, 0.25) is 0 Å². The quantitative estimate of drug-likeness (QED) is 0.919. The van der Waals surface area contributed by atoms with E-state index in [1.165, 1.54) is 12.1 Å². The Bertz CT molecular complexity index is 713. The number of aromatic carboxylic acids is 1. The van der Waals surface area contributed by atoms with Gasteiger partial charge in [-0.05, 0) is 55.9 Å². The molecule has 1 N–H and O–H groups in total. The highest BCUT2D eigenvalue weighted by atomic mass is 19.1. The van der Waals surface area contributed by atoms with Gasteiger partial charge in [-0.25, -0.2) is 13.9 Å². The number of aromatic nitrogens is 2. The van der Waals surface area contributed by atoms with Crippen molar-refractivity contribution in [2.75, 3.05) is 0 Å². The molecule has 4 nitrogen and oxygen atoms in total. The number of carbonyl (C=O) groups is 1. The summed E-state index contributed by atoms with van der Waals surface area (Å²) in [6.45, 7) is 0. The van der Waals surface area contributed by atoms with Gasteiger partial charge in [-0.2, -0.15) is 5.10 Å². The summed E-state index contributed by atoms with van der Waals surface area (Å²) in [5.41, 5.74) is 2.84. The summed E-state index contributed by atoms with van der Waals surface area (Å²) in [4.78, 5) is 11.5. The minimum atomic E-state index is -0.973. The molecule has 0 spiro atoms. The molecule has 0 atom stereocenters. The monoisotopic (exact) mass is 286 g/mol. The Morgan fingerprint density at radius 2 is 1.76 bits per heavy atom. The van der Waals surface area contributed by atoms with Crippen molar-refractivity contribution < 1.29 is 14.3 Å². The van der Waals surface area contributed by atoms with Gasteiger partial charge >= 0.3 is 5.97 Å². The summed E-state index contributed by atoms with van der Waals surface area (Å²) in [5.74, 6) is -0.597. The number of hydrogen-bond donors (Lipinski definition) is 1. The minimum Gasteiger partial charge on any atom is -0.476 e. The van der Waals surface area contributed by atoms with Crippen molar-refractivity contribution in [2.24, 2.45) is 0 Å². The molecular formula is C16H15FN2O2. The maximum atomic E-state index is 13.1. The second-order valence-electron chi connectivity index (χ2n) is 5.89. The highest BCUT2D eigenvalue weighted by Gasteiger charge is 2.40. The van der Waals surface area contributed by atoms with Crippen molar-refractivity contribution >= 4 is 5.97 Å². The van der Waals surface area contributed by atoms with E-state index >= 15 is 0 Å². The highest BCUT2D eigenvalue weighted by Crippen LogP contribution is 2.51. The number of hydrogen-bond acceptors (Lipinski definition) is 2. The Morgan fingerprint density at radius 3 is 2.38 bits per heavy atom. The van der Waals surface area contributed by atoms with Crippen LogP contribution in [0.5, 0.6) is 0 Å². The molecule has 0 radical (unpaired) electrons. The average Bonchev–Trinajstić information content (AvgIpc) is 2.92. The zero-order valence-corrected chi connectivity index (χ0v) is 11.4. The van der Waals surface area contributed by atoms with Crippen molar-refractivity contribution in [2.45, 2.75) is 37.5 Å². The number of halogens is 1. The molecule has 1 aromatic heterocycles. The number of nitrogens with zero attached hydrogens (tertiary/aromatic N) is 2. The van der Waals surface area contributed by atoms with E-state index in [-0.39, 0.29) is 11.5 Å². The normalized spacial score (nSPS) is 23.1. The van der Waals surface area contributed by atoms with Gasteiger partial charge in [0.2, 0.25) is 0 Å². The molecular weight excluding hydrogens is 271 g/mol. The fourth-order valence-corrected chi connectivity index (χ4v) is 3.83. The van der Waals surface area contributed by atoms with Crippen molar-refractivity contribution in [1.29, 1.82) is 0 Å². The zero-order chi connectivity index (χ0) is 14.6. The molecule has 5 heteroatoms. The number of rotatable bonds is 2. The molecule has 1 aromatic carbocycles. The molecule has 0 aliphatic heterocycles. The molecule has 0 unspecified atom stereocenters. The van der Waals surface area contributed by atoms with Crippen molar-refractivity contribution in [3.8, 4) is 5.69 Å². The summed E-state index contributed by atoms with van der Waals surface area (Å²) in [6.07, 6.45) is 4.27. The number of carboxylic acids is 1. The Labute approximate surface area is 121 Å². The van der Waals surface area contributed by atoms with Crippen molar-refractivity contribution in [3.63, 3.8) is 0 Å². The van der Waals surface area contributed by atoms with Crippen LogP contribution in [0.15, 0.2) is 24.3 Å². The topological polar surface area (TPSA) is 55.1 Å². The number of fused-ring (bicyclic) bond motifs is 2. The lowest BCUT2D eigenvalue weighted by molar-refractivity contribution is 0.0687. The summed E-state index contributed by atoms with van der Waals surface area (Å²) < 4.78 is 14.8. The van der Waals surface area contributed by atoms with Crippen LogP contribution in [-0.4, -0.2) is 20.9 Å². The zero-order valence-electron chi connectivity index (χ0n) is 11.4. The standard InChI is InChI=1S/C16H15FN2O2/c17-11-5-7-12(8-6-11)19-15-10-3-1-9(2-4-10)13(15)14(18-19)16(20)21/h5-10H,1-4H2,(H,20,21). The van der Waals surface area contributed by atoms with Gasteiger partial charge in [-0.3, -0.25) is 0 Å². The minimum absolute atomic E-state index is 0.170. The van der Waals surface area contributed by atoms with Crippen LogP contribution in [0.1, 0.15) is 59.3 Å². The third kappa shape index (κ3) is 1.80. The Morgan fingerprint density at radius 1 is 1.14 bits per heavy atom. The average molecular weight is 286 g/mol. The smallest absolute Gasteiger partial charge is 0.356 e. The summed E-state index contributed by atoms with van der Waals surface area (Å²) in [6, 6.07) is 6.06. The molecule has 0 amide bonds. The first kappa shape index (κ1) is 12.6. The Balaban J connectivity index is 1.94. The van der Waals surface area contributed by atoms with E-state index in [9.17, 15) is 14.3 Å². The SMILES string of the molecule is O=C(O)c1nn(-c2ccc(F)cc2)c2c1C1CCC2CC1. The lowest BCUT2D eigenvalue weighted by atomic mass is 9.69. The molecule has 0 saturated heterocycles.